The maximum absolute atomic E-state index is 13.4. The van der Waals surface area contributed by atoms with Gasteiger partial charge in [0.2, 0.25) is 0 Å². The van der Waals surface area contributed by atoms with Gasteiger partial charge in [-0.2, -0.15) is 0 Å². The minimum absolute atomic E-state index is 0.00622. The molecule has 0 spiro atoms. The van der Waals surface area contributed by atoms with Crippen LogP contribution in [0, 0.1) is 6.92 Å². The fourth-order valence-electron chi connectivity index (χ4n) is 4.47. The first kappa shape index (κ1) is 28.4. The normalized spacial score (nSPS) is 13.9. The molecule has 0 radical (unpaired) electrons. The fourth-order valence-corrected chi connectivity index (χ4v) is 4.87. The second-order valence-electron chi connectivity index (χ2n) is 9.53. The largest absolute Gasteiger partial charge is 0.496 e. The van der Waals surface area contributed by atoms with E-state index in [1.165, 1.54) is 0 Å². The van der Waals surface area contributed by atoms with Crippen LogP contribution in [0.1, 0.15) is 21.5 Å². The van der Waals surface area contributed by atoms with Gasteiger partial charge in [0.15, 0.2) is 0 Å². The quantitative estimate of drug-likeness (QED) is 0.343. The van der Waals surface area contributed by atoms with Crippen LogP contribution in [0.15, 0.2) is 83.3 Å². The number of halogens is 1. The lowest BCUT2D eigenvalue weighted by Gasteiger charge is -2.35. The van der Waals surface area contributed by atoms with Crippen molar-refractivity contribution in [2.45, 2.75) is 6.92 Å². The molecule has 0 aliphatic carbocycles. The van der Waals surface area contributed by atoms with Crippen molar-refractivity contribution in [3.8, 4) is 5.75 Å². The Balaban J connectivity index is 1.34. The minimum atomic E-state index is -0.0922. The predicted octanol–water partition coefficient (Wildman–Crippen LogP) is 5.77. The van der Waals surface area contributed by atoms with Gasteiger partial charge in [0, 0.05) is 67.1 Å². The second kappa shape index (κ2) is 14.0. The fraction of sp³-hybridized carbons (Fsp3) is 0.290. The highest BCUT2D eigenvalue weighted by atomic mass is 79.9. The molecule has 204 valence electrons. The molecule has 8 heteroatoms. The van der Waals surface area contributed by atoms with Crippen LogP contribution in [0.5, 0.6) is 5.75 Å². The van der Waals surface area contributed by atoms with Gasteiger partial charge >= 0.3 is 6.03 Å². The third kappa shape index (κ3) is 8.18. The summed E-state index contributed by atoms with van der Waals surface area (Å²) in [5.41, 5.74) is 3.54. The molecule has 0 saturated carbocycles. The third-order valence-electron chi connectivity index (χ3n) is 6.77. The number of amides is 3. The molecule has 3 aromatic carbocycles. The zero-order chi connectivity index (χ0) is 27.6. The molecular formula is C31H35BrN4O3. The number of carbonyl (C=O) groups excluding carboxylic acids is 2. The smallest absolute Gasteiger partial charge is 0.321 e. The van der Waals surface area contributed by atoms with E-state index in [-0.39, 0.29) is 11.9 Å². The lowest BCUT2D eigenvalue weighted by atomic mass is 10.1. The Kier molecular flexibility index (Phi) is 10.2. The van der Waals surface area contributed by atoms with Gasteiger partial charge in [-0.1, -0.05) is 70.0 Å². The van der Waals surface area contributed by atoms with Gasteiger partial charge < -0.3 is 19.9 Å². The Morgan fingerprint density at radius 3 is 2.46 bits per heavy atom. The summed E-state index contributed by atoms with van der Waals surface area (Å²) in [6.45, 7) is 6.62. The van der Waals surface area contributed by atoms with E-state index in [0.29, 0.717) is 31.7 Å². The molecule has 1 heterocycles. The highest BCUT2D eigenvalue weighted by molar-refractivity contribution is 9.10. The number of benzene rings is 3. The van der Waals surface area contributed by atoms with Crippen molar-refractivity contribution in [2.75, 3.05) is 58.2 Å². The SMILES string of the molecule is COc1ccccc1/C=C/CN(CCN1CCN(C(=O)Nc2cccc(Br)c2)CC1)C(=O)c1ccc(C)cc1. The van der Waals surface area contributed by atoms with Crippen LogP contribution < -0.4 is 10.1 Å². The number of hydrogen-bond acceptors (Lipinski definition) is 4. The number of methoxy groups -OCH3 is 1. The second-order valence-corrected chi connectivity index (χ2v) is 10.4. The van der Waals surface area contributed by atoms with Gasteiger partial charge in [-0.3, -0.25) is 9.69 Å². The van der Waals surface area contributed by atoms with E-state index in [9.17, 15) is 9.59 Å². The van der Waals surface area contributed by atoms with E-state index < -0.39 is 0 Å². The summed E-state index contributed by atoms with van der Waals surface area (Å²) in [4.78, 5) is 32.2. The maximum atomic E-state index is 13.4. The standard InChI is InChI=1S/C31H35BrN4O3/c1-24-12-14-26(15-13-24)30(37)35(16-6-8-25-7-3-4-11-29(25)39-2)20-17-34-18-21-36(22-19-34)31(38)33-28-10-5-9-27(32)23-28/h3-15,23H,16-22H2,1-2H3,(H,33,38)/b8-6+. The third-order valence-corrected chi connectivity index (χ3v) is 7.26. The molecule has 1 fully saturated rings. The number of para-hydroxylation sites is 1. The number of hydrogen-bond donors (Lipinski definition) is 1. The molecule has 0 aromatic heterocycles. The molecule has 3 aromatic rings. The predicted molar refractivity (Wildman–Crippen MR) is 160 cm³/mol. The number of rotatable bonds is 9. The molecule has 0 unspecified atom stereocenters. The van der Waals surface area contributed by atoms with Crippen molar-refractivity contribution < 1.29 is 14.3 Å². The van der Waals surface area contributed by atoms with E-state index in [1.807, 2.05) is 102 Å². The first-order valence-corrected chi connectivity index (χ1v) is 13.9. The number of piperazine rings is 1. The van der Waals surface area contributed by atoms with E-state index in [4.69, 9.17) is 4.74 Å². The van der Waals surface area contributed by atoms with Gasteiger partial charge in [0.05, 0.1) is 7.11 Å². The summed E-state index contributed by atoms with van der Waals surface area (Å²) < 4.78 is 6.37. The number of aryl methyl sites for hydroxylation is 1. The van der Waals surface area contributed by atoms with Crippen molar-refractivity contribution in [3.05, 3.63) is 100 Å². The summed E-state index contributed by atoms with van der Waals surface area (Å²) in [7, 11) is 1.66. The number of nitrogens with one attached hydrogen (secondary N) is 1. The van der Waals surface area contributed by atoms with Crippen LogP contribution in [0.4, 0.5) is 10.5 Å². The van der Waals surface area contributed by atoms with Crippen molar-refractivity contribution >= 4 is 39.6 Å². The highest BCUT2D eigenvalue weighted by Gasteiger charge is 2.22. The summed E-state index contributed by atoms with van der Waals surface area (Å²) >= 11 is 3.44. The van der Waals surface area contributed by atoms with E-state index in [1.54, 1.807) is 7.11 Å². The number of nitrogens with zero attached hydrogens (tertiary/aromatic N) is 3. The summed E-state index contributed by atoms with van der Waals surface area (Å²) in [5, 5.41) is 2.97. The summed E-state index contributed by atoms with van der Waals surface area (Å²) in [5.74, 6) is 0.804. The number of anilines is 1. The Morgan fingerprint density at radius 2 is 1.74 bits per heavy atom. The average Bonchev–Trinajstić information content (AvgIpc) is 2.95. The monoisotopic (exact) mass is 590 g/mol. The molecule has 1 aliphatic heterocycles. The zero-order valence-corrected chi connectivity index (χ0v) is 24.1. The average molecular weight is 592 g/mol. The molecular weight excluding hydrogens is 556 g/mol. The number of urea groups is 1. The molecule has 3 amide bonds. The van der Waals surface area contributed by atoms with E-state index >= 15 is 0 Å². The van der Waals surface area contributed by atoms with Crippen molar-refractivity contribution in [1.82, 2.24) is 14.7 Å². The van der Waals surface area contributed by atoms with E-state index in [0.717, 1.165) is 46.7 Å². The zero-order valence-electron chi connectivity index (χ0n) is 22.5. The maximum Gasteiger partial charge on any atom is 0.321 e. The van der Waals surface area contributed by atoms with Crippen LogP contribution >= 0.6 is 15.9 Å². The molecule has 0 atom stereocenters. The van der Waals surface area contributed by atoms with Crippen LogP contribution in [0.2, 0.25) is 0 Å². The van der Waals surface area contributed by atoms with Crippen molar-refractivity contribution in [2.24, 2.45) is 0 Å². The number of ether oxygens (including phenoxy) is 1. The first-order valence-electron chi connectivity index (χ1n) is 13.1. The summed E-state index contributed by atoms with van der Waals surface area (Å²) in [6.07, 6.45) is 4.01. The van der Waals surface area contributed by atoms with Gasteiger partial charge in [-0.15, -0.1) is 0 Å². The molecule has 1 N–H and O–H groups in total. The highest BCUT2D eigenvalue weighted by Crippen LogP contribution is 2.19. The molecule has 0 bridgehead atoms. The molecule has 7 nitrogen and oxygen atoms in total. The Hall–Kier alpha value is -3.62. The Labute approximate surface area is 239 Å². The van der Waals surface area contributed by atoms with Gasteiger partial charge in [0.25, 0.3) is 5.91 Å². The Bertz CT molecular complexity index is 1290. The Morgan fingerprint density at radius 1 is 1.00 bits per heavy atom. The van der Waals surface area contributed by atoms with Gasteiger partial charge in [0.1, 0.15) is 5.75 Å². The summed E-state index contributed by atoms with van der Waals surface area (Å²) in [6, 6.07) is 23.0. The van der Waals surface area contributed by atoms with Crippen molar-refractivity contribution in [3.63, 3.8) is 0 Å². The van der Waals surface area contributed by atoms with Crippen LogP contribution in [-0.4, -0.2) is 79.6 Å². The van der Waals surface area contributed by atoms with Crippen LogP contribution in [0.3, 0.4) is 0 Å². The lowest BCUT2D eigenvalue weighted by Crippen LogP contribution is -2.51. The van der Waals surface area contributed by atoms with E-state index in [2.05, 4.69) is 26.1 Å². The number of carbonyl (C=O) groups is 2. The van der Waals surface area contributed by atoms with Crippen LogP contribution in [-0.2, 0) is 0 Å². The lowest BCUT2D eigenvalue weighted by molar-refractivity contribution is 0.0739. The van der Waals surface area contributed by atoms with Crippen molar-refractivity contribution in [1.29, 1.82) is 0 Å². The topological polar surface area (TPSA) is 65.1 Å². The molecule has 1 aliphatic rings. The molecule has 39 heavy (non-hydrogen) atoms. The molecule has 4 rings (SSSR count). The van der Waals surface area contributed by atoms with Gasteiger partial charge in [-0.25, -0.2) is 4.79 Å². The van der Waals surface area contributed by atoms with Gasteiger partial charge in [-0.05, 0) is 43.3 Å². The molecule has 1 saturated heterocycles. The van der Waals surface area contributed by atoms with Crippen LogP contribution in [0.25, 0.3) is 6.08 Å². The minimum Gasteiger partial charge on any atom is -0.496 e. The first-order chi connectivity index (χ1) is 18.9.